The predicted octanol–water partition coefficient (Wildman–Crippen LogP) is 1.23. The lowest BCUT2D eigenvalue weighted by Gasteiger charge is -2.28. The van der Waals surface area contributed by atoms with Crippen LogP contribution < -0.4 is 0 Å². The van der Waals surface area contributed by atoms with Crippen LogP contribution >= 0.6 is 0 Å². The van der Waals surface area contributed by atoms with Gasteiger partial charge in [-0.05, 0) is 12.8 Å². The van der Waals surface area contributed by atoms with Crippen molar-refractivity contribution in [3.63, 3.8) is 0 Å². The minimum absolute atomic E-state index is 0.0425. The molecule has 14 heavy (non-hydrogen) atoms. The van der Waals surface area contributed by atoms with Gasteiger partial charge in [0.15, 0.2) is 0 Å². The average Bonchev–Trinajstić information content (AvgIpc) is 2.66. The third kappa shape index (κ3) is 1.51. The van der Waals surface area contributed by atoms with Gasteiger partial charge in [0.1, 0.15) is 6.07 Å². The van der Waals surface area contributed by atoms with Crippen LogP contribution in [-0.2, 0) is 0 Å². The fraction of sp³-hybridized carbons (Fsp3) is 0.600. The normalized spacial score (nSPS) is 27.1. The maximum absolute atomic E-state index is 9.80. The first-order valence-electron chi connectivity index (χ1n) is 4.94. The zero-order valence-corrected chi connectivity index (χ0v) is 7.93. The number of rotatable bonds is 1. The fourth-order valence-electron chi connectivity index (χ4n) is 2.08. The Kier molecular flexibility index (Phi) is 2.51. The first-order valence-corrected chi connectivity index (χ1v) is 4.94. The van der Waals surface area contributed by atoms with Crippen molar-refractivity contribution in [2.24, 2.45) is 0 Å². The molecule has 0 spiro atoms. The Morgan fingerprint density at radius 3 is 3.00 bits per heavy atom. The highest BCUT2D eigenvalue weighted by Gasteiger charge is 2.25. The van der Waals surface area contributed by atoms with Crippen molar-refractivity contribution in [1.29, 1.82) is 5.26 Å². The maximum atomic E-state index is 9.80. The van der Waals surface area contributed by atoms with Crippen LogP contribution in [0.5, 0.6) is 0 Å². The molecule has 1 aromatic heterocycles. The van der Waals surface area contributed by atoms with Gasteiger partial charge in [0.25, 0.3) is 0 Å². The second-order valence-electron chi connectivity index (χ2n) is 3.69. The zero-order valence-electron chi connectivity index (χ0n) is 7.93. The summed E-state index contributed by atoms with van der Waals surface area (Å²) in [5.41, 5.74) is 0. The van der Waals surface area contributed by atoms with Gasteiger partial charge < -0.3 is 9.67 Å². The summed E-state index contributed by atoms with van der Waals surface area (Å²) < 4.78 is 1.80. The van der Waals surface area contributed by atoms with E-state index in [1.54, 1.807) is 17.0 Å². The third-order valence-corrected chi connectivity index (χ3v) is 2.82. The summed E-state index contributed by atoms with van der Waals surface area (Å²) in [5, 5.41) is 18.6. The van der Waals surface area contributed by atoms with Gasteiger partial charge in [-0.1, -0.05) is 12.8 Å². The lowest BCUT2D eigenvalue weighted by molar-refractivity contribution is 0.0750. The summed E-state index contributed by atoms with van der Waals surface area (Å²) in [4.78, 5) is 3.94. The van der Waals surface area contributed by atoms with Crippen LogP contribution in [0.25, 0.3) is 0 Å². The van der Waals surface area contributed by atoms with Crippen molar-refractivity contribution >= 4 is 0 Å². The van der Waals surface area contributed by atoms with E-state index in [-0.39, 0.29) is 12.1 Å². The Hall–Kier alpha value is -1.34. The standard InChI is InChI=1S/C10H13N3O/c11-7-10-12-5-6-13(10)8-3-1-2-4-9(8)14/h5-6,8-9,14H,1-4H2/t8-,9-/m0/s1. The number of nitrogens with zero attached hydrogens (tertiary/aromatic N) is 3. The van der Waals surface area contributed by atoms with Crippen molar-refractivity contribution in [3.05, 3.63) is 18.2 Å². The van der Waals surface area contributed by atoms with Crippen molar-refractivity contribution in [1.82, 2.24) is 9.55 Å². The summed E-state index contributed by atoms with van der Waals surface area (Å²) in [6.07, 6.45) is 7.02. The number of hydrogen-bond donors (Lipinski definition) is 1. The Bertz CT molecular complexity index is 352. The molecule has 0 aliphatic heterocycles. The molecule has 1 saturated carbocycles. The van der Waals surface area contributed by atoms with Gasteiger partial charge >= 0.3 is 0 Å². The van der Waals surface area contributed by atoms with Crippen molar-refractivity contribution < 1.29 is 5.11 Å². The molecule has 2 atom stereocenters. The Balaban J connectivity index is 2.25. The fourth-order valence-corrected chi connectivity index (χ4v) is 2.08. The Morgan fingerprint density at radius 1 is 1.50 bits per heavy atom. The quantitative estimate of drug-likeness (QED) is 0.726. The molecule has 4 heteroatoms. The van der Waals surface area contributed by atoms with Crippen LogP contribution in [0.1, 0.15) is 37.5 Å². The van der Waals surface area contributed by atoms with E-state index in [0.717, 1.165) is 25.7 Å². The zero-order chi connectivity index (χ0) is 9.97. The van der Waals surface area contributed by atoms with E-state index in [4.69, 9.17) is 5.26 Å². The molecule has 4 nitrogen and oxygen atoms in total. The van der Waals surface area contributed by atoms with Crippen LogP contribution in [0.15, 0.2) is 12.4 Å². The maximum Gasteiger partial charge on any atom is 0.213 e. The van der Waals surface area contributed by atoms with E-state index in [0.29, 0.717) is 5.82 Å². The van der Waals surface area contributed by atoms with Gasteiger partial charge in [-0.3, -0.25) is 0 Å². The Labute approximate surface area is 82.8 Å². The summed E-state index contributed by atoms with van der Waals surface area (Å²) in [6, 6.07) is 2.08. The topological polar surface area (TPSA) is 61.8 Å². The smallest absolute Gasteiger partial charge is 0.213 e. The molecule has 0 saturated heterocycles. The van der Waals surface area contributed by atoms with Crippen LogP contribution in [0.3, 0.4) is 0 Å². The van der Waals surface area contributed by atoms with Gasteiger partial charge in [-0.2, -0.15) is 5.26 Å². The molecule has 0 bridgehead atoms. The van der Waals surface area contributed by atoms with Gasteiger partial charge in [-0.25, -0.2) is 4.98 Å². The second kappa shape index (κ2) is 3.81. The summed E-state index contributed by atoms with van der Waals surface area (Å²) in [6.45, 7) is 0. The third-order valence-electron chi connectivity index (χ3n) is 2.82. The molecule has 0 amide bonds. The largest absolute Gasteiger partial charge is 0.391 e. The lowest BCUT2D eigenvalue weighted by atomic mass is 9.92. The molecular weight excluding hydrogens is 178 g/mol. The van der Waals surface area contributed by atoms with Gasteiger partial charge in [-0.15, -0.1) is 0 Å². The SMILES string of the molecule is N#Cc1nccn1[C@H]1CCCC[C@@H]1O. The predicted molar refractivity (Wildman–Crippen MR) is 50.5 cm³/mol. The van der Waals surface area contributed by atoms with E-state index in [1.807, 2.05) is 6.07 Å². The van der Waals surface area contributed by atoms with Crippen LogP contribution in [0, 0.1) is 11.3 Å². The number of aromatic nitrogens is 2. The number of aliphatic hydroxyl groups excluding tert-OH is 1. The minimum Gasteiger partial charge on any atom is -0.391 e. The molecule has 0 aromatic carbocycles. The summed E-state index contributed by atoms with van der Waals surface area (Å²) in [7, 11) is 0. The van der Waals surface area contributed by atoms with Crippen molar-refractivity contribution in [3.8, 4) is 6.07 Å². The van der Waals surface area contributed by atoms with Crippen LogP contribution in [0.2, 0.25) is 0 Å². The number of imidazole rings is 1. The van der Waals surface area contributed by atoms with Gasteiger partial charge in [0, 0.05) is 12.4 Å². The molecule has 1 aliphatic carbocycles. The van der Waals surface area contributed by atoms with E-state index in [1.165, 1.54) is 0 Å². The van der Waals surface area contributed by atoms with Crippen LogP contribution in [0.4, 0.5) is 0 Å². The monoisotopic (exact) mass is 191 g/mol. The summed E-state index contributed by atoms with van der Waals surface area (Å²) in [5.74, 6) is 0.399. The molecular formula is C10H13N3O. The highest BCUT2D eigenvalue weighted by atomic mass is 16.3. The van der Waals surface area contributed by atoms with E-state index in [2.05, 4.69) is 4.98 Å². The van der Waals surface area contributed by atoms with Crippen LogP contribution in [-0.4, -0.2) is 20.8 Å². The molecule has 2 rings (SSSR count). The first kappa shape index (κ1) is 9.22. The lowest BCUT2D eigenvalue weighted by Crippen LogP contribution is -2.27. The van der Waals surface area contributed by atoms with E-state index in [9.17, 15) is 5.11 Å². The first-order chi connectivity index (χ1) is 6.83. The average molecular weight is 191 g/mol. The van der Waals surface area contributed by atoms with E-state index >= 15 is 0 Å². The molecule has 74 valence electrons. The van der Waals surface area contributed by atoms with E-state index < -0.39 is 0 Å². The second-order valence-corrected chi connectivity index (χ2v) is 3.69. The highest BCUT2D eigenvalue weighted by Crippen LogP contribution is 2.29. The molecule has 0 unspecified atom stereocenters. The highest BCUT2D eigenvalue weighted by molar-refractivity contribution is 5.13. The number of hydrogen-bond acceptors (Lipinski definition) is 3. The molecule has 1 N–H and O–H groups in total. The van der Waals surface area contributed by atoms with Gasteiger partial charge in [0.2, 0.25) is 5.82 Å². The molecule has 1 aromatic rings. The molecule has 1 aliphatic rings. The van der Waals surface area contributed by atoms with Crippen molar-refractivity contribution in [2.75, 3.05) is 0 Å². The molecule has 0 radical (unpaired) electrons. The van der Waals surface area contributed by atoms with Gasteiger partial charge in [0.05, 0.1) is 12.1 Å². The van der Waals surface area contributed by atoms with Crippen molar-refractivity contribution in [2.45, 2.75) is 37.8 Å². The minimum atomic E-state index is -0.329. The summed E-state index contributed by atoms with van der Waals surface area (Å²) >= 11 is 0. The molecule has 1 heterocycles. The number of nitriles is 1. The Morgan fingerprint density at radius 2 is 2.29 bits per heavy atom. The number of aliphatic hydroxyl groups is 1. The molecule has 1 fully saturated rings.